The van der Waals surface area contributed by atoms with E-state index < -0.39 is 0 Å². The maximum absolute atomic E-state index is 4.23. The van der Waals surface area contributed by atoms with Crippen LogP contribution < -0.4 is 0 Å². The van der Waals surface area contributed by atoms with E-state index in [1.807, 2.05) is 41.2 Å². The molecule has 9 nitrogen and oxygen atoms in total. The minimum atomic E-state index is 0.263. The van der Waals surface area contributed by atoms with Crippen LogP contribution in [0.25, 0.3) is 5.69 Å². The molecule has 25 heavy (non-hydrogen) atoms. The second-order valence-electron chi connectivity index (χ2n) is 6.52. The number of rotatable bonds is 5. The summed E-state index contributed by atoms with van der Waals surface area (Å²) in [4.78, 5) is 4.61. The molecule has 1 saturated heterocycles. The van der Waals surface area contributed by atoms with Crippen LogP contribution in [0.2, 0.25) is 0 Å². The van der Waals surface area contributed by atoms with Crippen LogP contribution in [0, 0.1) is 0 Å². The molecule has 3 aromatic rings. The van der Waals surface area contributed by atoms with Crippen molar-refractivity contribution >= 4 is 0 Å². The summed E-state index contributed by atoms with van der Waals surface area (Å²) in [5, 5.41) is 20.4. The first-order chi connectivity index (χ1) is 12.2. The number of nitrogens with zero attached hydrogens (tertiary/aromatic N) is 9. The summed E-state index contributed by atoms with van der Waals surface area (Å²) in [5.74, 6) is 0.836. The Balaban J connectivity index is 1.54. The lowest BCUT2D eigenvalue weighted by atomic mass is 10.1. The molecule has 0 aliphatic carbocycles. The van der Waals surface area contributed by atoms with E-state index in [-0.39, 0.29) is 6.04 Å². The number of tetrazole rings is 1. The van der Waals surface area contributed by atoms with Gasteiger partial charge in [-0.15, -0.1) is 10.2 Å². The molecule has 0 amide bonds. The van der Waals surface area contributed by atoms with Crippen molar-refractivity contribution in [2.75, 3.05) is 27.2 Å². The fraction of sp³-hybridized carbons (Fsp3) is 0.438. The molecule has 130 valence electrons. The topological polar surface area (TPSA) is 80.8 Å². The van der Waals surface area contributed by atoms with Gasteiger partial charge in [-0.25, -0.2) is 4.68 Å². The molecular formula is C16H21N9. The van der Waals surface area contributed by atoms with E-state index in [4.69, 9.17) is 0 Å². The first kappa shape index (κ1) is 15.9. The second kappa shape index (κ2) is 6.69. The molecule has 1 aromatic carbocycles. The van der Waals surface area contributed by atoms with Gasteiger partial charge in [0.25, 0.3) is 0 Å². The number of para-hydroxylation sites is 1. The van der Waals surface area contributed by atoms with Crippen LogP contribution in [0.1, 0.15) is 11.9 Å². The number of aromatic nitrogens is 7. The molecule has 2 aromatic heterocycles. The predicted molar refractivity (Wildman–Crippen MR) is 91.0 cm³/mol. The standard InChI is InChI=1S/C16H21N9/c1-22(2)14-10-23(11-15(14)24-9-8-17-20-24)12-16-18-19-21-25(16)13-6-4-3-5-7-13/h3-9,14-15H,10-12H2,1-2H3/t14-,15+/m1/s1. The Morgan fingerprint density at radius 3 is 2.68 bits per heavy atom. The Hall–Kier alpha value is -2.65. The van der Waals surface area contributed by atoms with Crippen molar-refractivity contribution < 1.29 is 0 Å². The highest BCUT2D eigenvalue weighted by Crippen LogP contribution is 2.25. The van der Waals surface area contributed by atoms with Gasteiger partial charge < -0.3 is 4.90 Å². The molecule has 0 unspecified atom stereocenters. The van der Waals surface area contributed by atoms with Gasteiger partial charge in [0.1, 0.15) is 0 Å². The molecule has 9 heteroatoms. The van der Waals surface area contributed by atoms with E-state index in [1.165, 1.54) is 0 Å². The average molecular weight is 339 g/mol. The second-order valence-corrected chi connectivity index (χ2v) is 6.52. The van der Waals surface area contributed by atoms with Crippen LogP contribution in [-0.4, -0.2) is 78.2 Å². The van der Waals surface area contributed by atoms with Gasteiger partial charge in [-0.3, -0.25) is 4.90 Å². The van der Waals surface area contributed by atoms with Crippen LogP contribution in [0.3, 0.4) is 0 Å². The Bertz CT molecular complexity index is 796. The van der Waals surface area contributed by atoms with Crippen molar-refractivity contribution in [3.8, 4) is 5.69 Å². The molecule has 4 rings (SSSR count). The van der Waals surface area contributed by atoms with Crippen molar-refractivity contribution in [2.24, 2.45) is 0 Å². The number of hydrogen-bond donors (Lipinski definition) is 0. The maximum Gasteiger partial charge on any atom is 0.170 e. The highest BCUT2D eigenvalue weighted by molar-refractivity contribution is 5.30. The predicted octanol–water partition coefficient (Wildman–Crippen LogP) is 0.241. The Morgan fingerprint density at radius 2 is 1.96 bits per heavy atom. The van der Waals surface area contributed by atoms with Gasteiger partial charge in [-0.2, -0.15) is 4.68 Å². The summed E-state index contributed by atoms with van der Waals surface area (Å²) >= 11 is 0. The van der Waals surface area contributed by atoms with Gasteiger partial charge in [-0.05, 0) is 36.7 Å². The molecular weight excluding hydrogens is 318 g/mol. The van der Waals surface area contributed by atoms with Crippen molar-refractivity contribution in [2.45, 2.75) is 18.6 Å². The normalized spacial score (nSPS) is 21.2. The van der Waals surface area contributed by atoms with Gasteiger partial charge >= 0.3 is 0 Å². The Kier molecular flexibility index (Phi) is 4.24. The first-order valence-corrected chi connectivity index (χ1v) is 8.29. The zero-order chi connectivity index (χ0) is 17.2. The zero-order valence-electron chi connectivity index (χ0n) is 14.3. The molecule has 3 heterocycles. The van der Waals surface area contributed by atoms with E-state index in [9.17, 15) is 0 Å². The van der Waals surface area contributed by atoms with Gasteiger partial charge in [0, 0.05) is 25.3 Å². The molecule has 2 atom stereocenters. The minimum absolute atomic E-state index is 0.263. The van der Waals surface area contributed by atoms with Crippen LogP contribution in [0.4, 0.5) is 0 Å². The van der Waals surface area contributed by atoms with Crippen LogP contribution in [0.15, 0.2) is 42.7 Å². The fourth-order valence-corrected chi connectivity index (χ4v) is 3.41. The lowest BCUT2D eigenvalue weighted by Crippen LogP contribution is -2.36. The molecule has 0 saturated carbocycles. The van der Waals surface area contributed by atoms with Crippen LogP contribution in [0.5, 0.6) is 0 Å². The van der Waals surface area contributed by atoms with Gasteiger partial charge in [-0.1, -0.05) is 23.4 Å². The molecule has 1 aliphatic heterocycles. The van der Waals surface area contributed by atoms with E-state index >= 15 is 0 Å². The monoisotopic (exact) mass is 339 g/mol. The minimum Gasteiger partial charge on any atom is -0.303 e. The summed E-state index contributed by atoms with van der Waals surface area (Å²) < 4.78 is 3.75. The van der Waals surface area contributed by atoms with Crippen molar-refractivity contribution in [3.05, 3.63) is 48.5 Å². The summed E-state index contributed by atoms with van der Waals surface area (Å²) in [6.07, 6.45) is 3.66. The highest BCUT2D eigenvalue weighted by Gasteiger charge is 2.36. The molecule has 0 spiro atoms. The lowest BCUT2D eigenvalue weighted by Gasteiger charge is -2.24. The summed E-state index contributed by atoms with van der Waals surface area (Å²) in [6, 6.07) is 10.6. The van der Waals surface area contributed by atoms with Crippen molar-refractivity contribution in [3.63, 3.8) is 0 Å². The molecule has 0 bridgehead atoms. The van der Waals surface area contributed by atoms with Crippen molar-refractivity contribution in [1.82, 2.24) is 45.0 Å². The molecule has 1 aliphatic rings. The number of hydrogen-bond acceptors (Lipinski definition) is 7. The van der Waals surface area contributed by atoms with Crippen LogP contribution >= 0.6 is 0 Å². The third-order valence-corrected chi connectivity index (χ3v) is 4.68. The zero-order valence-corrected chi connectivity index (χ0v) is 14.3. The van der Waals surface area contributed by atoms with Gasteiger partial charge in [0.2, 0.25) is 0 Å². The number of benzene rings is 1. The van der Waals surface area contributed by atoms with Crippen molar-refractivity contribution in [1.29, 1.82) is 0 Å². The van der Waals surface area contributed by atoms with Gasteiger partial charge in [0.15, 0.2) is 5.82 Å². The van der Waals surface area contributed by atoms with Gasteiger partial charge in [0.05, 0.1) is 24.5 Å². The van der Waals surface area contributed by atoms with E-state index in [0.717, 1.165) is 24.6 Å². The van der Waals surface area contributed by atoms with E-state index in [2.05, 4.69) is 49.7 Å². The molecule has 0 radical (unpaired) electrons. The quantitative estimate of drug-likeness (QED) is 0.659. The third kappa shape index (κ3) is 3.15. The summed E-state index contributed by atoms with van der Waals surface area (Å²) in [7, 11) is 4.21. The number of likely N-dealkylation sites (tertiary alicyclic amines) is 1. The van der Waals surface area contributed by atoms with E-state index in [0.29, 0.717) is 12.6 Å². The third-order valence-electron chi connectivity index (χ3n) is 4.68. The number of likely N-dealkylation sites (N-methyl/N-ethyl adjacent to an activating group) is 1. The first-order valence-electron chi connectivity index (χ1n) is 8.29. The molecule has 1 fully saturated rings. The summed E-state index contributed by atoms with van der Waals surface area (Å²) in [6.45, 7) is 2.50. The average Bonchev–Trinajstić information content (AvgIpc) is 3.36. The fourth-order valence-electron chi connectivity index (χ4n) is 3.41. The van der Waals surface area contributed by atoms with E-state index in [1.54, 1.807) is 10.9 Å². The highest BCUT2D eigenvalue weighted by atomic mass is 15.6. The SMILES string of the molecule is CN(C)[C@@H]1CN(Cc2nnnn2-c2ccccc2)C[C@@H]1n1ccnn1. The smallest absolute Gasteiger partial charge is 0.170 e. The Morgan fingerprint density at radius 1 is 1.12 bits per heavy atom. The lowest BCUT2D eigenvalue weighted by molar-refractivity contribution is 0.236. The maximum atomic E-state index is 4.23. The largest absolute Gasteiger partial charge is 0.303 e. The van der Waals surface area contributed by atoms with Crippen LogP contribution in [-0.2, 0) is 6.54 Å². The summed E-state index contributed by atoms with van der Waals surface area (Å²) in [5.41, 5.74) is 0.971. The Labute approximate surface area is 145 Å². The molecule has 0 N–H and O–H groups in total.